The number of nitrogens with zero attached hydrogens (tertiary/aromatic N) is 1. The van der Waals surface area contributed by atoms with Crippen molar-refractivity contribution < 1.29 is 14.2 Å². The van der Waals surface area contributed by atoms with Crippen LogP contribution in [0.2, 0.25) is 0 Å². The molecule has 3 N–H and O–H groups in total. The SMILES string of the molecule is Cc1cccc(NC(=O)C[n+]2cccc(C(N)=O)c2)c1C. The average molecular weight is 284 g/mol. The van der Waals surface area contributed by atoms with Crippen LogP contribution in [0.25, 0.3) is 0 Å². The molecule has 0 bridgehead atoms. The number of amides is 2. The van der Waals surface area contributed by atoms with E-state index in [4.69, 9.17) is 5.73 Å². The van der Waals surface area contributed by atoms with E-state index < -0.39 is 5.91 Å². The van der Waals surface area contributed by atoms with Gasteiger partial charge < -0.3 is 11.1 Å². The maximum Gasteiger partial charge on any atom is 0.290 e. The third kappa shape index (κ3) is 3.66. The molecule has 5 heteroatoms. The van der Waals surface area contributed by atoms with Crippen molar-refractivity contribution in [2.75, 3.05) is 5.32 Å². The smallest absolute Gasteiger partial charge is 0.290 e. The fourth-order valence-electron chi connectivity index (χ4n) is 2.01. The van der Waals surface area contributed by atoms with Crippen molar-refractivity contribution in [3.8, 4) is 0 Å². The fraction of sp³-hybridized carbons (Fsp3) is 0.188. The van der Waals surface area contributed by atoms with E-state index in [9.17, 15) is 9.59 Å². The number of hydrogen-bond acceptors (Lipinski definition) is 2. The van der Waals surface area contributed by atoms with Gasteiger partial charge in [0.2, 0.25) is 6.54 Å². The van der Waals surface area contributed by atoms with Gasteiger partial charge in [-0.15, -0.1) is 0 Å². The second kappa shape index (κ2) is 6.17. The average Bonchev–Trinajstić information content (AvgIpc) is 2.44. The Kier molecular flexibility index (Phi) is 4.33. The summed E-state index contributed by atoms with van der Waals surface area (Å²) < 4.78 is 1.63. The minimum Gasteiger partial charge on any atom is -0.365 e. The van der Waals surface area contributed by atoms with E-state index in [1.54, 1.807) is 29.1 Å². The molecular formula is C16H18N3O2+. The maximum absolute atomic E-state index is 12.1. The number of carbonyl (C=O) groups is 2. The summed E-state index contributed by atoms with van der Waals surface area (Å²) in [6, 6.07) is 9.06. The molecule has 0 fully saturated rings. The molecule has 0 saturated heterocycles. The van der Waals surface area contributed by atoms with Crippen LogP contribution in [0.1, 0.15) is 21.5 Å². The molecule has 0 aliphatic carbocycles. The number of hydrogen-bond donors (Lipinski definition) is 2. The van der Waals surface area contributed by atoms with E-state index >= 15 is 0 Å². The molecule has 0 spiro atoms. The van der Waals surface area contributed by atoms with Crippen LogP contribution in [0, 0.1) is 13.8 Å². The largest absolute Gasteiger partial charge is 0.365 e. The molecule has 2 amide bonds. The highest BCUT2D eigenvalue weighted by Crippen LogP contribution is 2.17. The highest BCUT2D eigenvalue weighted by atomic mass is 16.2. The highest BCUT2D eigenvalue weighted by molar-refractivity contribution is 5.92. The molecule has 0 aliphatic heterocycles. The van der Waals surface area contributed by atoms with Crippen molar-refractivity contribution in [2.24, 2.45) is 5.73 Å². The summed E-state index contributed by atoms with van der Waals surface area (Å²) in [6.07, 6.45) is 3.28. The summed E-state index contributed by atoms with van der Waals surface area (Å²) in [4.78, 5) is 23.2. The van der Waals surface area contributed by atoms with Gasteiger partial charge in [0.25, 0.3) is 11.8 Å². The number of nitrogens with one attached hydrogen (secondary N) is 1. The Morgan fingerprint density at radius 1 is 1.19 bits per heavy atom. The first-order valence-electron chi connectivity index (χ1n) is 6.62. The fourth-order valence-corrected chi connectivity index (χ4v) is 2.01. The summed E-state index contributed by atoms with van der Waals surface area (Å²) in [5.74, 6) is -0.672. The van der Waals surface area contributed by atoms with E-state index in [0.717, 1.165) is 16.8 Å². The number of rotatable bonds is 4. The van der Waals surface area contributed by atoms with Gasteiger partial charge in [0.15, 0.2) is 12.4 Å². The molecule has 0 saturated carbocycles. The molecule has 1 aromatic heterocycles. The van der Waals surface area contributed by atoms with Crippen LogP contribution in [-0.4, -0.2) is 11.8 Å². The lowest BCUT2D eigenvalue weighted by Crippen LogP contribution is -2.40. The highest BCUT2D eigenvalue weighted by Gasteiger charge is 2.13. The minimum absolute atomic E-state index is 0.120. The van der Waals surface area contributed by atoms with E-state index in [1.165, 1.54) is 0 Å². The standard InChI is InChI=1S/C16H17N3O2/c1-11-5-3-7-14(12(11)2)18-15(20)10-19-8-4-6-13(9-19)16(17)21/h3-9H,10H2,1-2H3,(H2-,17,18,20,21)/p+1. The molecule has 108 valence electrons. The first-order chi connectivity index (χ1) is 9.97. The minimum atomic E-state index is -0.515. The summed E-state index contributed by atoms with van der Waals surface area (Å²) in [7, 11) is 0. The third-order valence-corrected chi connectivity index (χ3v) is 3.35. The van der Waals surface area contributed by atoms with Gasteiger partial charge in [0.1, 0.15) is 5.56 Å². The maximum atomic E-state index is 12.1. The molecule has 0 unspecified atom stereocenters. The van der Waals surface area contributed by atoms with Crippen molar-refractivity contribution in [3.05, 3.63) is 59.4 Å². The number of aryl methyl sites for hydroxylation is 1. The monoisotopic (exact) mass is 284 g/mol. The molecule has 0 radical (unpaired) electrons. The number of primary amides is 1. The summed E-state index contributed by atoms with van der Waals surface area (Å²) in [5.41, 5.74) is 8.56. The Morgan fingerprint density at radius 2 is 1.95 bits per heavy atom. The van der Waals surface area contributed by atoms with Crippen molar-refractivity contribution in [2.45, 2.75) is 20.4 Å². The van der Waals surface area contributed by atoms with Gasteiger partial charge in [-0.3, -0.25) is 9.59 Å². The van der Waals surface area contributed by atoms with Crippen LogP contribution in [0.5, 0.6) is 0 Å². The van der Waals surface area contributed by atoms with Crippen LogP contribution in [0.4, 0.5) is 5.69 Å². The Labute approximate surface area is 123 Å². The number of nitrogens with two attached hydrogens (primary N) is 1. The number of aromatic nitrogens is 1. The van der Waals surface area contributed by atoms with E-state index in [1.807, 2.05) is 32.0 Å². The lowest BCUT2D eigenvalue weighted by atomic mass is 10.1. The van der Waals surface area contributed by atoms with E-state index in [-0.39, 0.29) is 12.5 Å². The number of carbonyl (C=O) groups excluding carboxylic acids is 2. The predicted molar refractivity (Wildman–Crippen MR) is 79.7 cm³/mol. The van der Waals surface area contributed by atoms with Crippen molar-refractivity contribution >= 4 is 17.5 Å². The van der Waals surface area contributed by atoms with Crippen molar-refractivity contribution in [1.29, 1.82) is 0 Å². The Morgan fingerprint density at radius 3 is 2.67 bits per heavy atom. The zero-order valence-corrected chi connectivity index (χ0v) is 12.1. The van der Waals surface area contributed by atoms with Gasteiger partial charge in [0.05, 0.1) is 0 Å². The topological polar surface area (TPSA) is 76.1 Å². The molecular weight excluding hydrogens is 266 g/mol. The molecule has 0 aliphatic rings. The van der Waals surface area contributed by atoms with Crippen LogP contribution >= 0.6 is 0 Å². The van der Waals surface area contributed by atoms with Gasteiger partial charge in [-0.2, -0.15) is 4.57 Å². The van der Waals surface area contributed by atoms with Crippen molar-refractivity contribution in [1.82, 2.24) is 0 Å². The Hall–Kier alpha value is -2.69. The van der Waals surface area contributed by atoms with Crippen molar-refractivity contribution in [3.63, 3.8) is 0 Å². The van der Waals surface area contributed by atoms with Gasteiger partial charge in [-0.25, -0.2) is 0 Å². The van der Waals surface area contributed by atoms with Crippen LogP contribution < -0.4 is 15.6 Å². The van der Waals surface area contributed by atoms with Gasteiger partial charge in [0, 0.05) is 11.8 Å². The molecule has 21 heavy (non-hydrogen) atoms. The number of pyridine rings is 1. The molecule has 1 heterocycles. The number of benzene rings is 1. The van der Waals surface area contributed by atoms with Gasteiger partial charge in [-0.1, -0.05) is 12.1 Å². The lowest BCUT2D eigenvalue weighted by Gasteiger charge is -2.09. The zero-order valence-electron chi connectivity index (χ0n) is 12.1. The molecule has 2 rings (SSSR count). The van der Waals surface area contributed by atoms with E-state index in [0.29, 0.717) is 5.56 Å². The molecule has 2 aromatic rings. The Bertz CT molecular complexity index is 696. The summed E-state index contributed by atoms with van der Waals surface area (Å²) in [6.45, 7) is 4.08. The zero-order chi connectivity index (χ0) is 15.4. The normalized spacial score (nSPS) is 10.2. The first-order valence-corrected chi connectivity index (χ1v) is 6.62. The van der Waals surface area contributed by atoms with Crippen LogP contribution in [0.3, 0.4) is 0 Å². The van der Waals surface area contributed by atoms with Crippen LogP contribution in [-0.2, 0) is 11.3 Å². The summed E-state index contributed by atoms with van der Waals surface area (Å²) in [5, 5.41) is 2.87. The quantitative estimate of drug-likeness (QED) is 0.831. The Balaban J connectivity index is 2.10. The van der Waals surface area contributed by atoms with E-state index in [2.05, 4.69) is 5.32 Å². The lowest BCUT2D eigenvalue weighted by molar-refractivity contribution is -0.684. The number of anilines is 1. The third-order valence-electron chi connectivity index (χ3n) is 3.35. The molecule has 1 aromatic carbocycles. The second-order valence-electron chi connectivity index (χ2n) is 4.92. The summed E-state index contributed by atoms with van der Waals surface area (Å²) >= 11 is 0. The first kappa shape index (κ1) is 14.7. The van der Waals surface area contributed by atoms with Crippen LogP contribution in [0.15, 0.2) is 42.7 Å². The predicted octanol–water partition coefficient (Wildman–Crippen LogP) is 1.33. The molecule has 5 nitrogen and oxygen atoms in total. The molecule has 0 atom stereocenters. The van der Waals surface area contributed by atoms with Gasteiger partial charge >= 0.3 is 0 Å². The second-order valence-corrected chi connectivity index (χ2v) is 4.92. The van der Waals surface area contributed by atoms with Gasteiger partial charge in [-0.05, 0) is 37.1 Å².